The maximum atomic E-state index is 12.6. The molecule has 33 heavy (non-hydrogen) atoms. The zero-order chi connectivity index (χ0) is 23.4. The van der Waals surface area contributed by atoms with E-state index in [9.17, 15) is 9.59 Å². The summed E-state index contributed by atoms with van der Waals surface area (Å²) in [4.78, 5) is 28.3. The van der Waals surface area contributed by atoms with Gasteiger partial charge in [-0.15, -0.1) is 0 Å². The molecule has 0 spiro atoms. The van der Waals surface area contributed by atoms with Crippen LogP contribution in [0.25, 0.3) is 16.8 Å². The molecule has 0 atom stereocenters. The average molecular weight is 444 g/mol. The molecule has 0 radical (unpaired) electrons. The number of benzene rings is 2. The zero-order valence-electron chi connectivity index (χ0n) is 18.4. The number of aromatic nitrogens is 2. The molecule has 2 amide bonds. The summed E-state index contributed by atoms with van der Waals surface area (Å²) >= 11 is 0. The van der Waals surface area contributed by atoms with Crippen LogP contribution < -0.4 is 20.5 Å². The first-order chi connectivity index (χ1) is 16.0. The summed E-state index contributed by atoms with van der Waals surface area (Å²) in [5.74, 6) is 0.611. The molecule has 0 aliphatic carbocycles. The minimum Gasteiger partial charge on any atom is -0.493 e. The van der Waals surface area contributed by atoms with Crippen molar-refractivity contribution in [1.29, 1.82) is 0 Å². The van der Waals surface area contributed by atoms with Crippen LogP contribution in [-0.2, 0) is 6.42 Å². The predicted octanol–water partition coefficient (Wildman–Crippen LogP) is 3.09. The Morgan fingerprint density at radius 1 is 0.939 bits per heavy atom. The van der Waals surface area contributed by atoms with Crippen molar-refractivity contribution in [3.8, 4) is 22.6 Å². The van der Waals surface area contributed by atoms with Gasteiger partial charge in [-0.25, -0.2) is 4.98 Å². The molecule has 0 unspecified atom stereocenters. The van der Waals surface area contributed by atoms with Gasteiger partial charge < -0.3 is 24.9 Å². The Bertz CT molecular complexity index is 1310. The highest BCUT2D eigenvalue weighted by molar-refractivity contribution is 5.93. The molecule has 168 valence electrons. The Morgan fingerprint density at radius 3 is 2.36 bits per heavy atom. The molecule has 0 fully saturated rings. The number of imidazole rings is 1. The van der Waals surface area contributed by atoms with Crippen molar-refractivity contribution in [2.75, 3.05) is 20.8 Å². The minimum absolute atomic E-state index is 0.244. The third kappa shape index (κ3) is 4.79. The van der Waals surface area contributed by atoms with Gasteiger partial charge in [0.05, 0.1) is 14.2 Å². The molecule has 4 rings (SSSR count). The summed E-state index contributed by atoms with van der Waals surface area (Å²) in [5, 5.41) is 2.91. The number of pyridine rings is 1. The summed E-state index contributed by atoms with van der Waals surface area (Å²) in [6, 6.07) is 16.5. The number of hydrogen-bond donors (Lipinski definition) is 2. The van der Waals surface area contributed by atoms with Crippen molar-refractivity contribution < 1.29 is 19.1 Å². The van der Waals surface area contributed by atoms with Crippen LogP contribution in [0, 0.1) is 0 Å². The second kappa shape index (κ2) is 9.44. The van der Waals surface area contributed by atoms with E-state index in [1.807, 2.05) is 48.7 Å². The highest BCUT2D eigenvalue weighted by atomic mass is 16.5. The second-order valence-electron chi connectivity index (χ2n) is 7.45. The van der Waals surface area contributed by atoms with E-state index in [1.54, 1.807) is 36.9 Å². The number of hydrogen-bond acceptors (Lipinski definition) is 5. The number of ether oxygens (including phenoxy) is 2. The first-order valence-electron chi connectivity index (χ1n) is 10.4. The number of carbonyl (C=O) groups is 2. The number of amides is 2. The number of primary amides is 1. The Balaban J connectivity index is 1.43. The molecule has 2 aromatic carbocycles. The molecule has 8 nitrogen and oxygen atoms in total. The zero-order valence-corrected chi connectivity index (χ0v) is 18.4. The van der Waals surface area contributed by atoms with E-state index in [2.05, 4.69) is 10.3 Å². The predicted molar refractivity (Wildman–Crippen MR) is 125 cm³/mol. The number of methoxy groups -OCH3 is 2. The monoisotopic (exact) mass is 444 g/mol. The topological polar surface area (TPSA) is 108 Å². The molecule has 0 aliphatic rings. The number of nitrogens with two attached hydrogens (primary N) is 1. The number of rotatable bonds is 8. The van der Waals surface area contributed by atoms with E-state index >= 15 is 0 Å². The molecule has 0 saturated carbocycles. The van der Waals surface area contributed by atoms with Gasteiger partial charge in [0.25, 0.3) is 5.91 Å². The molecule has 0 saturated heterocycles. The molecular weight excluding hydrogens is 420 g/mol. The van der Waals surface area contributed by atoms with Crippen LogP contribution in [0.15, 0.2) is 67.0 Å². The fraction of sp³-hybridized carbons (Fsp3) is 0.160. The minimum atomic E-state index is -0.464. The molecule has 4 aromatic rings. The lowest BCUT2D eigenvalue weighted by atomic mass is 10.1. The van der Waals surface area contributed by atoms with Crippen LogP contribution in [0.1, 0.15) is 26.4 Å². The number of nitrogens with zero attached hydrogens (tertiary/aromatic N) is 2. The van der Waals surface area contributed by atoms with E-state index in [0.717, 1.165) is 16.7 Å². The normalized spacial score (nSPS) is 10.7. The number of fused-ring (bicyclic) bond motifs is 1. The highest BCUT2D eigenvalue weighted by Crippen LogP contribution is 2.27. The largest absolute Gasteiger partial charge is 0.493 e. The van der Waals surface area contributed by atoms with Crippen molar-refractivity contribution in [3.63, 3.8) is 0 Å². The quantitative estimate of drug-likeness (QED) is 0.434. The van der Waals surface area contributed by atoms with Gasteiger partial charge in [-0.2, -0.15) is 0 Å². The molecule has 0 bridgehead atoms. The van der Waals surface area contributed by atoms with Crippen LogP contribution in [0.5, 0.6) is 11.5 Å². The fourth-order valence-electron chi connectivity index (χ4n) is 3.55. The first kappa shape index (κ1) is 21.9. The Hall–Kier alpha value is -4.33. The summed E-state index contributed by atoms with van der Waals surface area (Å²) in [5.41, 5.74) is 9.63. The lowest BCUT2D eigenvalue weighted by Gasteiger charge is -2.09. The second-order valence-corrected chi connectivity index (χ2v) is 7.45. The molecule has 2 heterocycles. The summed E-state index contributed by atoms with van der Waals surface area (Å²) in [7, 11) is 3.18. The van der Waals surface area contributed by atoms with Crippen LogP contribution in [0.3, 0.4) is 0 Å². The Morgan fingerprint density at radius 2 is 1.67 bits per heavy atom. The smallest absolute Gasteiger partial charge is 0.271 e. The van der Waals surface area contributed by atoms with Gasteiger partial charge in [-0.05, 0) is 59.5 Å². The SMILES string of the molecule is COc1ccc(CCNC(=O)c2cn3cc(-c4ccc(C(N)=O)cc4)ccc3n2)cc1OC. The van der Waals surface area contributed by atoms with Gasteiger partial charge >= 0.3 is 0 Å². The van der Waals surface area contributed by atoms with Gasteiger partial charge in [0.1, 0.15) is 11.3 Å². The van der Waals surface area contributed by atoms with Crippen LogP contribution in [0.2, 0.25) is 0 Å². The summed E-state index contributed by atoms with van der Waals surface area (Å²) < 4.78 is 12.4. The maximum Gasteiger partial charge on any atom is 0.271 e. The van der Waals surface area contributed by atoms with E-state index < -0.39 is 5.91 Å². The lowest BCUT2D eigenvalue weighted by molar-refractivity contribution is 0.0948. The standard InChI is InChI=1S/C25H24N4O4/c1-32-21-9-3-16(13-22(21)33-2)11-12-27-25(31)20-15-29-14-19(8-10-23(29)28-20)17-4-6-18(7-5-17)24(26)30/h3-10,13-15H,11-12H2,1-2H3,(H2,26,30)(H,27,31). The molecule has 0 aliphatic heterocycles. The van der Waals surface area contributed by atoms with Gasteiger partial charge in [0.2, 0.25) is 5.91 Å². The summed E-state index contributed by atoms with van der Waals surface area (Å²) in [6.45, 7) is 0.458. The van der Waals surface area contributed by atoms with E-state index in [0.29, 0.717) is 41.4 Å². The van der Waals surface area contributed by atoms with Crippen molar-refractivity contribution in [3.05, 3.63) is 83.8 Å². The Labute approximate surface area is 191 Å². The maximum absolute atomic E-state index is 12.6. The summed E-state index contributed by atoms with van der Waals surface area (Å²) in [6.07, 6.45) is 4.23. The van der Waals surface area contributed by atoms with Crippen molar-refractivity contribution >= 4 is 17.5 Å². The van der Waals surface area contributed by atoms with E-state index in [-0.39, 0.29) is 5.91 Å². The molecule has 2 aromatic heterocycles. The van der Waals surface area contributed by atoms with Crippen molar-refractivity contribution in [2.45, 2.75) is 6.42 Å². The lowest BCUT2D eigenvalue weighted by Crippen LogP contribution is -2.26. The van der Waals surface area contributed by atoms with E-state index in [1.165, 1.54) is 0 Å². The van der Waals surface area contributed by atoms with Gasteiger partial charge in [0.15, 0.2) is 11.5 Å². The van der Waals surface area contributed by atoms with Crippen molar-refractivity contribution in [2.24, 2.45) is 5.73 Å². The van der Waals surface area contributed by atoms with Crippen LogP contribution in [0.4, 0.5) is 0 Å². The van der Waals surface area contributed by atoms with Crippen LogP contribution in [-0.4, -0.2) is 42.0 Å². The molecule has 8 heteroatoms. The number of nitrogens with one attached hydrogen (secondary N) is 1. The van der Waals surface area contributed by atoms with Crippen LogP contribution >= 0.6 is 0 Å². The molecular formula is C25H24N4O4. The van der Waals surface area contributed by atoms with E-state index in [4.69, 9.17) is 15.2 Å². The number of carbonyl (C=O) groups excluding carboxylic acids is 2. The Kier molecular flexibility index (Phi) is 6.26. The van der Waals surface area contributed by atoms with Gasteiger partial charge in [-0.1, -0.05) is 18.2 Å². The van der Waals surface area contributed by atoms with Gasteiger partial charge in [-0.3, -0.25) is 9.59 Å². The third-order valence-corrected chi connectivity index (χ3v) is 5.33. The third-order valence-electron chi connectivity index (χ3n) is 5.33. The average Bonchev–Trinajstić information content (AvgIpc) is 3.27. The molecule has 3 N–H and O–H groups in total. The first-order valence-corrected chi connectivity index (χ1v) is 10.4. The van der Waals surface area contributed by atoms with Gasteiger partial charge in [0, 0.05) is 24.5 Å². The highest BCUT2D eigenvalue weighted by Gasteiger charge is 2.12. The van der Waals surface area contributed by atoms with Crippen molar-refractivity contribution in [1.82, 2.24) is 14.7 Å². The fourth-order valence-corrected chi connectivity index (χ4v) is 3.55.